The Bertz CT molecular complexity index is 2400. The van der Waals surface area contributed by atoms with Crippen LogP contribution in [0, 0.1) is 0 Å². The van der Waals surface area contributed by atoms with Gasteiger partial charge in [-0.1, -0.05) is 172 Å². The topological polar surface area (TPSA) is 0 Å². The van der Waals surface area contributed by atoms with Crippen LogP contribution in [-0.4, -0.2) is 0 Å². The first kappa shape index (κ1) is 27.6. The normalized spacial score (nSPS) is 13.1. The predicted molar refractivity (Wildman–Crippen MR) is 201 cm³/mol. The average Bonchev–Trinajstić information content (AvgIpc) is 3.36. The van der Waals surface area contributed by atoms with E-state index in [1.807, 2.05) is 0 Å². The van der Waals surface area contributed by atoms with Crippen molar-refractivity contribution in [2.45, 2.75) is 19.3 Å². The quantitative estimate of drug-likeness (QED) is 0.177. The predicted octanol–water partition coefficient (Wildman–Crippen LogP) is 13.0. The van der Waals surface area contributed by atoms with Gasteiger partial charge >= 0.3 is 0 Å². The van der Waals surface area contributed by atoms with Crippen molar-refractivity contribution in [1.29, 1.82) is 0 Å². The van der Waals surface area contributed by atoms with Crippen molar-refractivity contribution < 1.29 is 0 Å². The number of rotatable bonds is 4. The van der Waals surface area contributed by atoms with Gasteiger partial charge in [-0.15, -0.1) is 0 Å². The van der Waals surface area contributed by atoms with Crippen molar-refractivity contribution in [2.75, 3.05) is 0 Å². The summed E-state index contributed by atoms with van der Waals surface area (Å²) < 4.78 is 0. The van der Waals surface area contributed by atoms with Crippen LogP contribution in [0.2, 0.25) is 0 Å². The van der Waals surface area contributed by atoms with E-state index in [2.05, 4.69) is 184 Å². The molecule has 0 fully saturated rings. The fourth-order valence-electron chi connectivity index (χ4n) is 7.95. The van der Waals surface area contributed by atoms with Crippen LogP contribution in [0.4, 0.5) is 0 Å². The second kappa shape index (κ2) is 10.7. The second-order valence-electron chi connectivity index (χ2n) is 13.3. The zero-order valence-corrected chi connectivity index (χ0v) is 26.7. The molecule has 0 N–H and O–H groups in total. The van der Waals surface area contributed by atoms with E-state index in [1.165, 1.54) is 88.3 Å². The highest BCUT2D eigenvalue weighted by molar-refractivity contribution is 6.21. The Kier molecular flexibility index (Phi) is 6.27. The summed E-state index contributed by atoms with van der Waals surface area (Å²) in [5.74, 6) is 0. The van der Waals surface area contributed by atoms with Crippen molar-refractivity contribution in [2.24, 2.45) is 0 Å². The molecule has 0 atom stereocenters. The standard InChI is InChI=1S/C47H34/c1-47(2)43-22-11-10-17-37(43)38-28-27-35(30-44(38)47)34-15-12-16-36(29-34)46-41-20-8-6-18-39(41)45(40-19-7-9-21-42(40)46)33-25-23-32(24-26-33)31-13-4-3-5-14-31/h3-30H,1-2H3. The molecule has 222 valence electrons. The minimum absolute atomic E-state index is 0.0267. The summed E-state index contributed by atoms with van der Waals surface area (Å²) in [6.07, 6.45) is 0. The summed E-state index contributed by atoms with van der Waals surface area (Å²) in [6, 6.07) is 62.6. The van der Waals surface area contributed by atoms with Crippen LogP contribution in [0.5, 0.6) is 0 Å². The third kappa shape index (κ3) is 4.37. The first-order chi connectivity index (χ1) is 23.1. The number of fused-ring (bicyclic) bond motifs is 5. The molecule has 0 bridgehead atoms. The molecular weight excluding hydrogens is 565 g/mol. The van der Waals surface area contributed by atoms with Crippen molar-refractivity contribution >= 4 is 21.5 Å². The summed E-state index contributed by atoms with van der Waals surface area (Å²) >= 11 is 0. The van der Waals surface area contributed by atoms with Crippen molar-refractivity contribution in [1.82, 2.24) is 0 Å². The first-order valence-corrected chi connectivity index (χ1v) is 16.5. The Labute approximate surface area is 276 Å². The van der Waals surface area contributed by atoms with E-state index in [-0.39, 0.29) is 5.41 Å². The molecule has 1 aliphatic rings. The molecule has 8 aromatic carbocycles. The highest BCUT2D eigenvalue weighted by atomic mass is 14.4. The van der Waals surface area contributed by atoms with Gasteiger partial charge in [-0.3, -0.25) is 0 Å². The summed E-state index contributed by atoms with van der Waals surface area (Å²) in [4.78, 5) is 0. The molecule has 1 aliphatic carbocycles. The van der Waals surface area contributed by atoms with Crippen LogP contribution >= 0.6 is 0 Å². The van der Waals surface area contributed by atoms with Crippen LogP contribution < -0.4 is 0 Å². The van der Waals surface area contributed by atoms with Crippen molar-refractivity contribution in [3.05, 3.63) is 181 Å². The second-order valence-corrected chi connectivity index (χ2v) is 13.3. The molecule has 0 aliphatic heterocycles. The molecule has 8 aromatic rings. The van der Waals surface area contributed by atoms with Gasteiger partial charge in [0, 0.05) is 5.41 Å². The minimum Gasteiger partial charge on any atom is -0.0622 e. The zero-order valence-electron chi connectivity index (χ0n) is 26.7. The van der Waals surface area contributed by atoms with Gasteiger partial charge in [0.05, 0.1) is 0 Å². The van der Waals surface area contributed by atoms with Crippen LogP contribution in [0.25, 0.3) is 77.2 Å². The fourth-order valence-corrected chi connectivity index (χ4v) is 7.95. The number of hydrogen-bond donors (Lipinski definition) is 0. The molecule has 0 radical (unpaired) electrons. The zero-order chi connectivity index (χ0) is 31.5. The highest BCUT2D eigenvalue weighted by Gasteiger charge is 2.35. The SMILES string of the molecule is CC1(C)c2ccccc2-c2ccc(-c3cccc(-c4c5ccccc5c(-c5ccc(-c6ccccc6)cc5)c5ccccc45)c3)cc21. The Balaban J connectivity index is 1.20. The van der Waals surface area contributed by atoms with Gasteiger partial charge in [0.25, 0.3) is 0 Å². The third-order valence-electron chi connectivity index (χ3n) is 10.3. The lowest BCUT2D eigenvalue weighted by Crippen LogP contribution is -2.14. The molecule has 0 amide bonds. The molecule has 0 aromatic heterocycles. The summed E-state index contributed by atoms with van der Waals surface area (Å²) in [6.45, 7) is 4.71. The van der Waals surface area contributed by atoms with E-state index < -0.39 is 0 Å². The van der Waals surface area contributed by atoms with Gasteiger partial charge in [0.2, 0.25) is 0 Å². The molecule has 0 saturated carbocycles. The van der Waals surface area contributed by atoms with Crippen molar-refractivity contribution in [3.8, 4) is 55.6 Å². The number of hydrogen-bond acceptors (Lipinski definition) is 0. The van der Waals surface area contributed by atoms with Crippen LogP contribution in [0.3, 0.4) is 0 Å². The van der Waals surface area contributed by atoms with Crippen LogP contribution in [0.1, 0.15) is 25.0 Å². The fraction of sp³-hybridized carbons (Fsp3) is 0.0638. The minimum atomic E-state index is -0.0267. The third-order valence-corrected chi connectivity index (χ3v) is 10.3. The Morgan fingerprint density at radius 1 is 0.298 bits per heavy atom. The van der Waals surface area contributed by atoms with E-state index in [9.17, 15) is 0 Å². The molecule has 0 heteroatoms. The number of benzene rings is 8. The summed E-state index contributed by atoms with van der Waals surface area (Å²) in [7, 11) is 0. The van der Waals surface area contributed by atoms with Gasteiger partial charge in [0.15, 0.2) is 0 Å². The van der Waals surface area contributed by atoms with Gasteiger partial charge in [0.1, 0.15) is 0 Å². The molecule has 0 nitrogen and oxygen atoms in total. The Morgan fingerprint density at radius 2 is 0.745 bits per heavy atom. The van der Waals surface area contributed by atoms with Crippen LogP contribution in [-0.2, 0) is 5.41 Å². The maximum atomic E-state index is 2.42. The maximum absolute atomic E-state index is 2.42. The van der Waals surface area contributed by atoms with E-state index in [0.29, 0.717) is 0 Å². The summed E-state index contributed by atoms with van der Waals surface area (Å²) in [5.41, 5.74) is 15.5. The van der Waals surface area contributed by atoms with Crippen molar-refractivity contribution in [3.63, 3.8) is 0 Å². The molecule has 47 heavy (non-hydrogen) atoms. The molecular formula is C47H34. The highest BCUT2D eigenvalue weighted by Crippen LogP contribution is 2.50. The molecule has 0 unspecified atom stereocenters. The van der Waals surface area contributed by atoms with E-state index in [1.54, 1.807) is 0 Å². The summed E-state index contributed by atoms with van der Waals surface area (Å²) in [5, 5.41) is 5.10. The monoisotopic (exact) mass is 598 g/mol. The maximum Gasteiger partial charge on any atom is 0.0159 e. The van der Waals surface area contributed by atoms with Gasteiger partial charge < -0.3 is 0 Å². The van der Waals surface area contributed by atoms with E-state index >= 15 is 0 Å². The van der Waals surface area contributed by atoms with Gasteiger partial charge in [-0.2, -0.15) is 0 Å². The Morgan fingerprint density at radius 3 is 1.43 bits per heavy atom. The molecule has 0 saturated heterocycles. The first-order valence-electron chi connectivity index (χ1n) is 16.5. The van der Waals surface area contributed by atoms with E-state index in [0.717, 1.165) is 0 Å². The largest absolute Gasteiger partial charge is 0.0622 e. The van der Waals surface area contributed by atoms with Gasteiger partial charge in [-0.25, -0.2) is 0 Å². The smallest absolute Gasteiger partial charge is 0.0159 e. The molecule has 0 spiro atoms. The average molecular weight is 599 g/mol. The molecule has 9 rings (SSSR count). The lowest BCUT2D eigenvalue weighted by Gasteiger charge is -2.22. The Hall–Kier alpha value is -5.72. The van der Waals surface area contributed by atoms with Crippen LogP contribution in [0.15, 0.2) is 170 Å². The van der Waals surface area contributed by atoms with E-state index in [4.69, 9.17) is 0 Å². The van der Waals surface area contributed by atoms with Gasteiger partial charge in [-0.05, 0) is 100 Å². The lowest BCUT2D eigenvalue weighted by molar-refractivity contribution is 0.660. The lowest BCUT2D eigenvalue weighted by atomic mass is 9.81. The molecule has 0 heterocycles.